The van der Waals surface area contributed by atoms with Crippen molar-refractivity contribution in [1.29, 1.82) is 0 Å². The molecule has 2 N–H and O–H groups in total. The normalized spacial score (nSPS) is 31.3. The van der Waals surface area contributed by atoms with Crippen LogP contribution in [0.4, 0.5) is 0 Å². The molecule has 4 fully saturated rings. The highest BCUT2D eigenvalue weighted by Gasteiger charge is 2.60. The lowest BCUT2D eigenvalue weighted by Crippen LogP contribution is -2.56. The van der Waals surface area contributed by atoms with Crippen molar-refractivity contribution < 1.29 is 19.3 Å². The quantitative estimate of drug-likeness (QED) is 0.404. The smallest absolute Gasteiger partial charge is 0.122 e. The van der Waals surface area contributed by atoms with Crippen molar-refractivity contribution in [2.45, 2.75) is 70.3 Å². The molecule has 5 heteroatoms. The number of hydrogen-bond donors (Lipinski definition) is 2. The van der Waals surface area contributed by atoms with Gasteiger partial charge in [-0.1, -0.05) is 26.0 Å². The van der Waals surface area contributed by atoms with Crippen molar-refractivity contribution in [2.24, 2.45) is 16.7 Å². The fraction of sp³-hybridized carbons (Fsp3) is 0.613. The van der Waals surface area contributed by atoms with Gasteiger partial charge in [0.05, 0.1) is 14.2 Å². The van der Waals surface area contributed by atoms with Crippen LogP contribution in [0.2, 0.25) is 0 Å². The molecule has 2 aromatic rings. The highest BCUT2D eigenvalue weighted by molar-refractivity contribution is 5.40. The number of hydrogen-bond acceptors (Lipinski definition) is 5. The van der Waals surface area contributed by atoms with Crippen LogP contribution in [0.3, 0.4) is 0 Å². The molecule has 4 aliphatic carbocycles. The molecule has 0 saturated heterocycles. The molecule has 0 heterocycles. The Morgan fingerprint density at radius 2 is 1.61 bits per heavy atom. The largest absolute Gasteiger partial charge is 0.497 e. The van der Waals surface area contributed by atoms with Crippen LogP contribution in [0.25, 0.3) is 0 Å². The molecule has 0 radical (unpaired) electrons. The molecule has 0 aliphatic heterocycles. The highest BCUT2D eigenvalue weighted by atomic mass is 16.5. The third-order valence-corrected chi connectivity index (χ3v) is 8.97. The number of rotatable bonds is 11. The van der Waals surface area contributed by atoms with Gasteiger partial charge >= 0.3 is 0 Å². The minimum absolute atomic E-state index is 0.276. The summed E-state index contributed by atoms with van der Waals surface area (Å²) in [5.41, 5.74) is 3.94. The second-order valence-corrected chi connectivity index (χ2v) is 12.5. The van der Waals surface area contributed by atoms with Gasteiger partial charge in [-0.15, -0.1) is 0 Å². The summed E-state index contributed by atoms with van der Waals surface area (Å²) in [5.74, 6) is 3.39. The Balaban J connectivity index is 1.09. The van der Waals surface area contributed by atoms with Crippen LogP contribution in [0, 0.1) is 16.7 Å². The van der Waals surface area contributed by atoms with Crippen LogP contribution < -0.4 is 19.5 Å². The van der Waals surface area contributed by atoms with E-state index in [0.29, 0.717) is 22.8 Å². The summed E-state index contributed by atoms with van der Waals surface area (Å²) in [7, 11) is 3.34. The Morgan fingerprint density at radius 1 is 0.917 bits per heavy atom. The van der Waals surface area contributed by atoms with Gasteiger partial charge in [-0.3, -0.25) is 0 Å². The van der Waals surface area contributed by atoms with E-state index in [2.05, 4.69) is 43.4 Å². The lowest BCUT2D eigenvalue weighted by atomic mass is 9.39. The summed E-state index contributed by atoms with van der Waals surface area (Å²) in [6.45, 7) is 6.55. The molecule has 2 aromatic carbocycles. The maximum Gasteiger partial charge on any atom is 0.122 e. The third kappa shape index (κ3) is 5.24. The first-order valence-electron chi connectivity index (χ1n) is 13.6. The number of methoxy groups -OCH3 is 2. The Bertz CT molecular complexity index is 1030. The number of aliphatic hydroxyl groups excluding tert-OH is 1. The van der Waals surface area contributed by atoms with E-state index in [1.54, 1.807) is 14.2 Å². The predicted molar refractivity (Wildman–Crippen MR) is 143 cm³/mol. The standard InChI is InChI=1S/C31H43NO4/c1-29-14-22-15-30(2,19-29)21-31(16-22,20-29)24-5-7-26(8-6-24)36-18-25(33)17-32-12-11-23-13-27(34-3)9-10-28(23)35-4/h5-10,13,22,25,32-33H,11-12,14-21H2,1-4H3/t22?,25?,29-,30+,31?. The lowest BCUT2D eigenvalue weighted by molar-refractivity contribution is -0.110. The van der Waals surface area contributed by atoms with Gasteiger partial charge < -0.3 is 24.6 Å². The first kappa shape index (κ1) is 25.4. The molecular weight excluding hydrogens is 450 g/mol. The number of nitrogens with one attached hydrogen (secondary N) is 1. The molecule has 4 saturated carbocycles. The van der Waals surface area contributed by atoms with E-state index in [1.807, 2.05) is 18.2 Å². The minimum Gasteiger partial charge on any atom is -0.497 e. The van der Waals surface area contributed by atoms with E-state index in [1.165, 1.54) is 44.1 Å². The summed E-state index contributed by atoms with van der Waals surface area (Å²) < 4.78 is 16.7. The summed E-state index contributed by atoms with van der Waals surface area (Å²) >= 11 is 0. The van der Waals surface area contributed by atoms with E-state index in [-0.39, 0.29) is 6.61 Å². The maximum atomic E-state index is 10.4. The van der Waals surface area contributed by atoms with Crippen molar-refractivity contribution >= 4 is 0 Å². The molecule has 5 atom stereocenters. The van der Waals surface area contributed by atoms with Gasteiger partial charge in [0.15, 0.2) is 0 Å². The zero-order valence-electron chi connectivity index (χ0n) is 22.4. The molecule has 6 rings (SSSR count). The first-order chi connectivity index (χ1) is 17.2. The van der Waals surface area contributed by atoms with Gasteiger partial charge in [-0.05, 0) is 115 Å². The number of aliphatic hydroxyl groups is 1. The summed E-state index contributed by atoms with van der Waals surface area (Å²) in [6, 6.07) is 14.6. The van der Waals surface area contributed by atoms with E-state index in [4.69, 9.17) is 14.2 Å². The van der Waals surface area contributed by atoms with Crippen molar-refractivity contribution in [3.05, 3.63) is 53.6 Å². The monoisotopic (exact) mass is 493 g/mol. The van der Waals surface area contributed by atoms with Gasteiger partial charge in [-0.25, -0.2) is 0 Å². The molecular formula is C31H43NO4. The second kappa shape index (κ2) is 9.90. The van der Waals surface area contributed by atoms with Crippen molar-refractivity contribution in [3.63, 3.8) is 0 Å². The fourth-order valence-electron chi connectivity index (χ4n) is 8.49. The third-order valence-electron chi connectivity index (χ3n) is 8.97. The molecule has 36 heavy (non-hydrogen) atoms. The van der Waals surface area contributed by atoms with Crippen LogP contribution in [0.5, 0.6) is 17.2 Å². The Kier molecular flexibility index (Phi) is 6.99. The average Bonchev–Trinajstić information content (AvgIpc) is 2.83. The average molecular weight is 494 g/mol. The summed E-state index contributed by atoms with van der Waals surface area (Å²) in [5, 5.41) is 13.7. The van der Waals surface area contributed by atoms with Crippen molar-refractivity contribution in [1.82, 2.24) is 5.32 Å². The second-order valence-electron chi connectivity index (χ2n) is 12.5. The molecule has 3 unspecified atom stereocenters. The molecule has 0 aromatic heterocycles. The van der Waals surface area contributed by atoms with E-state index in [0.717, 1.165) is 41.7 Å². The van der Waals surface area contributed by atoms with Gasteiger partial charge in [0.2, 0.25) is 0 Å². The van der Waals surface area contributed by atoms with Crippen LogP contribution in [-0.4, -0.2) is 45.1 Å². The zero-order chi connectivity index (χ0) is 25.4. The Hall–Kier alpha value is -2.24. The first-order valence-corrected chi connectivity index (χ1v) is 13.6. The molecule has 4 bridgehead atoms. The predicted octanol–water partition coefficient (Wildman–Crippen LogP) is 5.52. The van der Waals surface area contributed by atoms with E-state index >= 15 is 0 Å². The van der Waals surface area contributed by atoms with E-state index < -0.39 is 6.10 Å². The summed E-state index contributed by atoms with van der Waals surface area (Å²) in [6.07, 6.45) is 8.48. The SMILES string of the molecule is COc1ccc(OC)c(CCNCC(O)COc2ccc(C34CC5C[C@@](C)(C3)C[C@](C)(C5)C4)cc2)c1. The maximum absolute atomic E-state index is 10.4. The van der Waals surface area contributed by atoms with Crippen LogP contribution >= 0.6 is 0 Å². The number of ether oxygens (including phenoxy) is 3. The zero-order valence-corrected chi connectivity index (χ0v) is 22.4. The molecule has 4 aliphatic rings. The molecule has 5 nitrogen and oxygen atoms in total. The molecule has 196 valence electrons. The van der Waals surface area contributed by atoms with Crippen molar-refractivity contribution in [3.8, 4) is 17.2 Å². The van der Waals surface area contributed by atoms with Gasteiger partial charge in [0, 0.05) is 6.54 Å². The van der Waals surface area contributed by atoms with Gasteiger partial charge in [0.25, 0.3) is 0 Å². The molecule has 0 spiro atoms. The topological polar surface area (TPSA) is 60.0 Å². The summed E-state index contributed by atoms with van der Waals surface area (Å²) in [4.78, 5) is 0. The Morgan fingerprint density at radius 3 is 2.25 bits per heavy atom. The molecule has 0 amide bonds. The Labute approximate surface area is 216 Å². The lowest BCUT2D eigenvalue weighted by Gasteiger charge is -2.65. The number of benzene rings is 2. The van der Waals surface area contributed by atoms with Gasteiger partial charge in [0.1, 0.15) is 30.0 Å². The highest BCUT2D eigenvalue weighted by Crippen LogP contribution is 2.69. The van der Waals surface area contributed by atoms with Crippen LogP contribution in [0.15, 0.2) is 42.5 Å². The van der Waals surface area contributed by atoms with Crippen molar-refractivity contribution in [2.75, 3.05) is 33.9 Å². The van der Waals surface area contributed by atoms with Gasteiger partial charge in [-0.2, -0.15) is 0 Å². The van der Waals surface area contributed by atoms with Crippen LogP contribution in [0.1, 0.15) is 63.5 Å². The fourth-order valence-corrected chi connectivity index (χ4v) is 8.49. The van der Waals surface area contributed by atoms with E-state index in [9.17, 15) is 5.11 Å². The minimum atomic E-state index is -0.570. The van der Waals surface area contributed by atoms with Crippen LogP contribution in [-0.2, 0) is 11.8 Å².